The topological polar surface area (TPSA) is 185 Å². The van der Waals surface area contributed by atoms with E-state index in [0.717, 1.165) is 82.1 Å². The summed E-state index contributed by atoms with van der Waals surface area (Å²) in [5.74, 6) is 2.07. The molecule has 16 nitrogen and oxygen atoms in total. The van der Waals surface area contributed by atoms with E-state index in [9.17, 15) is 10.2 Å². The second-order valence-corrected chi connectivity index (χ2v) is 18.3. The summed E-state index contributed by atoms with van der Waals surface area (Å²) in [6.45, 7) is 6.91. The summed E-state index contributed by atoms with van der Waals surface area (Å²) >= 11 is 13.1. The van der Waals surface area contributed by atoms with E-state index in [1.54, 1.807) is 53.0 Å². The first-order valence-electron chi connectivity index (χ1n) is 22.3. The van der Waals surface area contributed by atoms with Crippen LogP contribution in [0.25, 0.3) is 22.5 Å². The van der Waals surface area contributed by atoms with Crippen LogP contribution in [0.5, 0.6) is 11.5 Å². The Labute approximate surface area is 408 Å². The minimum absolute atomic E-state index is 0.0962. The first kappa shape index (κ1) is 50.0. The van der Waals surface area contributed by atoms with Crippen LogP contribution in [0.15, 0.2) is 73.3 Å². The van der Waals surface area contributed by atoms with Crippen molar-refractivity contribution in [3.05, 3.63) is 106 Å². The van der Waals surface area contributed by atoms with Gasteiger partial charge in [0.2, 0.25) is 11.9 Å². The molecule has 2 aromatic carbocycles. The molecule has 4 N–H and O–H groups in total. The van der Waals surface area contributed by atoms with Crippen LogP contribution in [0, 0.1) is 0 Å². The van der Waals surface area contributed by atoms with Crippen molar-refractivity contribution in [3.63, 3.8) is 0 Å². The van der Waals surface area contributed by atoms with E-state index in [0.29, 0.717) is 71.1 Å². The molecular weight excluding hydrogens is 908 g/mol. The number of rotatable bonds is 18. The summed E-state index contributed by atoms with van der Waals surface area (Å²) in [4.78, 5) is 31.4. The zero-order valence-electron chi connectivity index (χ0n) is 39.9. The average molecular weight is 968 g/mol. The number of nitrogens with one attached hydrogen (secondary N) is 2. The van der Waals surface area contributed by atoms with Crippen molar-refractivity contribution < 1.29 is 29.2 Å². The lowest BCUT2D eigenvalue weighted by molar-refractivity contribution is 0.205. The third-order valence-electron chi connectivity index (χ3n) is 12.8. The van der Waals surface area contributed by atoms with Crippen LogP contribution in [0.2, 0.25) is 10.0 Å². The van der Waals surface area contributed by atoms with Gasteiger partial charge in [0.25, 0.3) is 0 Å². The third-order valence-corrected chi connectivity index (χ3v) is 13.4. The van der Waals surface area contributed by atoms with Gasteiger partial charge in [0.1, 0.15) is 11.5 Å². The SMILES string of the molecule is COCCN(C)c1cc(OC)c(Nc2nccc(-c3cnc4c(c3)C(C)(CO)CC4)n2)cc1Cl.COCCN(C)c1cc(OC)c(Nc2nccc(-c3cnc4c(c3)C(C)(CO)CC4)n2)cc1Cl. The lowest BCUT2D eigenvalue weighted by Gasteiger charge is -2.22. The molecule has 4 heterocycles. The second-order valence-electron chi connectivity index (χ2n) is 17.5. The van der Waals surface area contributed by atoms with Crippen LogP contribution in [-0.2, 0) is 33.1 Å². The normalized spacial score (nSPS) is 16.9. The molecule has 2 aliphatic rings. The fourth-order valence-corrected chi connectivity index (χ4v) is 9.01. The molecule has 0 saturated carbocycles. The predicted octanol–water partition coefficient (Wildman–Crippen LogP) is 8.45. The van der Waals surface area contributed by atoms with Gasteiger partial charge < -0.3 is 49.6 Å². The number of halogens is 2. The molecule has 0 bridgehead atoms. The fraction of sp³-hybridized carbons (Fsp3) is 0.400. The van der Waals surface area contributed by atoms with Crippen LogP contribution >= 0.6 is 23.2 Å². The number of hydrogen-bond acceptors (Lipinski definition) is 16. The van der Waals surface area contributed by atoms with Gasteiger partial charge in [0.05, 0.1) is 84.8 Å². The number of fused-ring (bicyclic) bond motifs is 2. The van der Waals surface area contributed by atoms with Crippen molar-refractivity contribution >= 4 is 57.8 Å². The number of aliphatic hydroxyl groups is 2. The average Bonchev–Trinajstić information content (AvgIpc) is 3.88. The lowest BCUT2D eigenvalue weighted by Crippen LogP contribution is -2.23. The summed E-state index contributed by atoms with van der Waals surface area (Å²) < 4.78 is 21.5. The summed E-state index contributed by atoms with van der Waals surface area (Å²) in [6, 6.07) is 15.2. The Hall–Kier alpha value is -5.88. The molecule has 0 radical (unpaired) electrons. The molecule has 0 saturated heterocycles. The van der Waals surface area contributed by atoms with E-state index in [1.807, 2.05) is 60.6 Å². The molecule has 2 aliphatic carbocycles. The van der Waals surface area contributed by atoms with Crippen LogP contribution in [0.4, 0.5) is 34.6 Å². The zero-order valence-corrected chi connectivity index (χ0v) is 41.4. The maximum Gasteiger partial charge on any atom is 0.227 e. The maximum absolute atomic E-state index is 9.91. The summed E-state index contributed by atoms with van der Waals surface area (Å²) in [5, 5.41) is 27.4. The molecule has 2 unspecified atom stereocenters. The fourth-order valence-electron chi connectivity index (χ4n) is 8.40. The Bertz CT molecular complexity index is 2530. The number of benzene rings is 2. The minimum Gasteiger partial charge on any atom is -0.494 e. The van der Waals surface area contributed by atoms with E-state index in [2.05, 4.69) is 56.5 Å². The van der Waals surface area contributed by atoms with Gasteiger partial charge in [-0.15, -0.1) is 0 Å². The number of pyridine rings is 2. The van der Waals surface area contributed by atoms with Crippen LogP contribution in [0.1, 0.15) is 49.2 Å². The summed E-state index contributed by atoms with van der Waals surface area (Å²) in [6.07, 6.45) is 10.6. The van der Waals surface area contributed by atoms with Crippen LogP contribution < -0.4 is 29.9 Å². The van der Waals surface area contributed by atoms with Gasteiger partial charge in [0.15, 0.2) is 0 Å². The highest BCUT2D eigenvalue weighted by Gasteiger charge is 2.36. The molecule has 0 amide bonds. The van der Waals surface area contributed by atoms with Crippen molar-refractivity contribution in [2.75, 3.05) is 102 Å². The molecule has 0 fully saturated rings. The summed E-state index contributed by atoms with van der Waals surface area (Å²) in [7, 11) is 10.5. The Morgan fingerprint density at radius 3 is 1.40 bits per heavy atom. The number of anilines is 6. The predicted molar refractivity (Wildman–Crippen MR) is 269 cm³/mol. The number of methoxy groups -OCH3 is 4. The van der Waals surface area contributed by atoms with Gasteiger partial charge in [-0.1, -0.05) is 37.0 Å². The number of ether oxygens (including phenoxy) is 4. The standard InChI is InChI=1S/2C25H30ClN5O3/c2*1-25(15-32)7-5-20-17(25)11-16(14-28-20)19-6-8-27-24(29-19)30-21-12-18(26)22(13-23(21)34-4)31(2)9-10-33-3/h2*6,8,11-14,32H,5,7,9-10,15H2,1-4H3,(H,27,29,30). The minimum atomic E-state index is -0.269. The number of aliphatic hydroxyl groups excluding tert-OH is 2. The second kappa shape index (κ2) is 22.0. The molecule has 0 aliphatic heterocycles. The molecule has 8 rings (SSSR count). The van der Waals surface area contributed by atoms with Crippen molar-refractivity contribution in [1.29, 1.82) is 0 Å². The van der Waals surface area contributed by atoms with E-state index in [4.69, 9.17) is 52.1 Å². The number of likely N-dealkylation sites (N-methyl/N-ethyl adjacent to an activating group) is 2. The highest BCUT2D eigenvalue weighted by atomic mass is 35.5. The first-order valence-corrected chi connectivity index (χ1v) is 23.1. The molecule has 6 aromatic rings. The van der Waals surface area contributed by atoms with Gasteiger partial charge in [0, 0.05) is 112 Å². The van der Waals surface area contributed by atoms with Crippen LogP contribution in [-0.4, -0.2) is 122 Å². The Balaban J connectivity index is 0.000000201. The van der Waals surface area contributed by atoms with E-state index in [1.165, 1.54) is 0 Å². The summed E-state index contributed by atoms with van der Waals surface area (Å²) in [5.41, 5.74) is 9.96. The molecule has 360 valence electrons. The number of nitrogens with zero attached hydrogens (tertiary/aromatic N) is 8. The van der Waals surface area contributed by atoms with Crippen molar-refractivity contribution in [1.82, 2.24) is 29.9 Å². The molecular formula is C50H60Cl2N10O6. The molecule has 18 heteroatoms. The smallest absolute Gasteiger partial charge is 0.227 e. The Kier molecular flexibility index (Phi) is 16.2. The first-order chi connectivity index (χ1) is 32.8. The highest BCUT2D eigenvalue weighted by molar-refractivity contribution is 6.34. The van der Waals surface area contributed by atoms with Gasteiger partial charge in [-0.25, -0.2) is 19.9 Å². The zero-order chi connectivity index (χ0) is 48.6. The lowest BCUT2D eigenvalue weighted by atomic mass is 9.85. The van der Waals surface area contributed by atoms with Gasteiger partial charge >= 0.3 is 0 Å². The molecule has 68 heavy (non-hydrogen) atoms. The Morgan fingerprint density at radius 1 is 0.618 bits per heavy atom. The molecule has 4 aromatic heterocycles. The molecule has 0 spiro atoms. The van der Waals surface area contributed by atoms with E-state index >= 15 is 0 Å². The van der Waals surface area contributed by atoms with E-state index in [-0.39, 0.29) is 24.0 Å². The molecule has 2 atom stereocenters. The number of aromatic nitrogens is 6. The van der Waals surface area contributed by atoms with Gasteiger partial charge in [-0.3, -0.25) is 9.97 Å². The van der Waals surface area contributed by atoms with Crippen molar-refractivity contribution in [2.45, 2.75) is 50.4 Å². The van der Waals surface area contributed by atoms with Gasteiger partial charge in [-0.05, 0) is 73.2 Å². The largest absolute Gasteiger partial charge is 0.494 e. The third kappa shape index (κ3) is 11.0. The quantitative estimate of drug-likeness (QED) is 0.0643. The van der Waals surface area contributed by atoms with E-state index < -0.39 is 0 Å². The monoisotopic (exact) mass is 966 g/mol. The maximum atomic E-state index is 9.91. The van der Waals surface area contributed by atoms with Gasteiger partial charge in [-0.2, -0.15) is 0 Å². The number of hydrogen-bond donors (Lipinski definition) is 4. The van der Waals surface area contributed by atoms with Crippen molar-refractivity contribution in [2.24, 2.45) is 0 Å². The Morgan fingerprint density at radius 2 is 1.03 bits per heavy atom. The van der Waals surface area contributed by atoms with Crippen molar-refractivity contribution in [3.8, 4) is 34.0 Å². The van der Waals surface area contributed by atoms with Crippen LogP contribution in [0.3, 0.4) is 0 Å². The number of aryl methyl sites for hydroxylation is 2. The highest BCUT2D eigenvalue weighted by Crippen LogP contribution is 2.42.